The molecule has 28 heavy (non-hydrogen) atoms. The number of rotatable bonds is 7. The number of anilines is 1. The topological polar surface area (TPSA) is 63.1 Å². The lowest BCUT2D eigenvalue weighted by Crippen LogP contribution is -2.30. The summed E-state index contributed by atoms with van der Waals surface area (Å²) in [5.41, 5.74) is 3.73. The molecule has 6 nitrogen and oxygen atoms in total. The average Bonchev–Trinajstić information content (AvgIpc) is 3.22. The zero-order valence-electron chi connectivity index (χ0n) is 15.9. The molecular formula is C19H21Cl2N5OS. The third-order valence-corrected chi connectivity index (χ3v) is 5.62. The highest BCUT2D eigenvalue weighted by Crippen LogP contribution is 2.32. The Kier molecular flexibility index (Phi) is 6.72. The van der Waals surface area contributed by atoms with Gasteiger partial charge in [-0.1, -0.05) is 23.2 Å². The SMILES string of the molecule is CCn1ncc(CN(C)CC(=O)Nc2nc(-c3ccc(Cl)cc3Cl)cs2)c1C. The fraction of sp³-hybridized carbons (Fsp3) is 0.316. The van der Waals surface area contributed by atoms with Crippen LogP contribution in [0.2, 0.25) is 10.0 Å². The van der Waals surface area contributed by atoms with Crippen LogP contribution in [0.4, 0.5) is 5.13 Å². The van der Waals surface area contributed by atoms with Gasteiger partial charge in [0.1, 0.15) is 0 Å². The number of carbonyl (C=O) groups is 1. The Morgan fingerprint density at radius 3 is 2.82 bits per heavy atom. The first-order chi connectivity index (χ1) is 13.4. The number of hydrogen-bond acceptors (Lipinski definition) is 5. The molecule has 1 aromatic carbocycles. The van der Waals surface area contributed by atoms with Gasteiger partial charge in [-0.3, -0.25) is 14.4 Å². The first kappa shape index (κ1) is 20.8. The second-order valence-electron chi connectivity index (χ2n) is 6.45. The van der Waals surface area contributed by atoms with Gasteiger partial charge in [-0.05, 0) is 39.1 Å². The van der Waals surface area contributed by atoms with E-state index in [-0.39, 0.29) is 12.5 Å². The van der Waals surface area contributed by atoms with E-state index in [0.29, 0.717) is 27.4 Å². The molecule has 0 radical (unpaired) electrons. The van der Waals surface area contributed by atoms with E-state index in [9.17, 15) is 4.79 Å². The molecule has 9 heteroatoms. The number of nitrogens with zero attached hydrogens (tertiary/aromatic N) is 4. The number of hydrogen-bond donors (Lipinski definition) is 1. The van der Waals surface area contributed by atoms with E-state index in [0.717, 1.165) is 23.4 Å². The Hall–Kier alpha value is -1.93. The highest BCUT2D eigenvalue weighted by atomic mass is 35.5. The van der Waals surface area contributed by atoms with Crippen LogP contribution in [0.25, 0.3) is 11.3 Å². The van der Waals surface area contributed by atoms with Crippen LogP contribution >= 0.6 is 34.5 Å². The van der Waals surface area contributed by atoms with Gasteiger partial charge >= 0.3 is 0 Å². The normalized spacial score (nSPS) is 11.2. The minimum atomic E-state index is -0.119. The van der Waals surface area contributed by atoms with Crippen LogP contribution in [0.5, 0.6) is 0 Å². The summed E-state index contributed by atoms with van der Waals surface area (Å²) >= 11 is 13.5. The van der Waals surface area contributed by atoms with Gasteiger partial charge in [-0.2, -0.15) is 5.10 Å². The van der Waals surface area contributed by atoms with Crippen molar-refractivity contribution < 1.29 is 4.79 Å². The van der Waals surface area contributed by atoms with Crippen molar-refractivity contribution in [1.29, 1.82) is 0 Å². The van der Waals surface area contributed by atoms with Gasteiger partial charge in [-0.15, -0.1) is 11.3 Å². The third-order valence-electron chi connectivity index (χ3n) is 4.32. The first-order valence-electron chi connectivity index (χ1n) is 8.78. The van der Waals surface area contributed by atoms with E-state index in [1.165, 1.54) is 11.3 Å². The maximum Gasteiger partial charge on any atom is 0.240 e. The van der Waals surface area contributed by atoms with Gasteiger partial charge in [0.25, 0.3) is 0 Å². The van der Waals surface area contributed by atoms with Crippen LogP contribution in [0, 0.1) is 6.92 Å². The molecule has 1 N–H and O–H groups in total. The Bertz CT molecular complexity index is 985. The Morgan fingerprint density at radius 2 is 2.14 bits per heavy atom. The van der Waals surface area contributed by atoms with E-state index in [2.05, 4.69) is 22.3 Å². The van der Waals surface area contributed by atoms with Crippen LogP contribution in [-0.4, -0.2) is 39.2 Å². The van der Waals surface area contributed by atoms with Crippen LogP contribution in [0.15, 0.2) is 29.8 Å². The molecule has 2 aromatic heterocycles. The molecule has 0 atom stereocenters. The average molecular weight is 438 g/mol. The second kappa shape index (κ2) is 9.05. The number of aryl methyl sites for hydroxylation is 1. The summed E-state index contributed by atoms with van der Waals surface area (Å²) < 4.78 is 1.95. The highest BCUT2D eigenvalue weighted by Gasteiger charge is 2.14. The molecule has 0 aliphatic heterocycles. The molecule has 0 fully saturated rings. The van der Waals surface area contributed by atoms with Gasteiger partial charge in [0.15, 0.2) is 5.13 Å². The van der Waals surface area contributed by atoms with Crippen LogP contribution in [0.3, 0.4) is 0 Å². The Labute approximate surface area is 178 Å². The van der Waals surface area contributed by atoms with Gasteiger partial charge in [0, 0.05) is 40.3 Å². The maximum absolute atomic E-state index is 12.4. The van der Waals surface area contributed by atoms with Crippen molar-refractivity contribution in [1.82, 2.24) is 19.7 Å². The molecule has 3 aromatic rings. The molecule has 0 spiro atoms. The molecule has 0 aliphatic rings. The molecule has 148 valence electrons. The quantitative estimate of drug-likeness (QED) is 0.580. The number of likely N-dealkylation sites (N-methyl/N-ethyl adjacent to an activating group) is 1. The fourth-order valence-corrected chi connectivity index (χ4v) is 4.09. The first-order valence-corrected chi connectivity index (χ1v) is 10.4. The van der Waals surface area contributed by atoms with Gasteiger partial charge in [0.05, 0.1) is 23.5 Å². The number of amides is 1. The number of benzene rings is 1. The predicted molar refractivity (Wildman–Crippen MR) is 115 cm³/mol. The smallest absolute Gasteiger partial charge is 0.240 e. The van der Waals surface area contributed by atoms with Crippen molar-refractivity contribution in [3.8, 4) is 11.3 Å². The summed E-state index contributed by atoms with van der Waals surface area (Å²) in [5.74, 6) is -0.119. The zero-order valence-corrected chi connectivity index (χ0v) is 18.2. The second-order valence-corrected chi connectivity index (χ2v) is 8.16. The summed E-state index contributed by atoms with van der Waals surface area (Å²) in [5, 5.41) is 10.7. The maximum atomic E-state index is 12.4. The molecule has 0 saturated heterocycles. The lowest BCUT2D eigenvalue weighted by atomic mass is 10.2. The molecular weight excluding hydrogens is 417 g/mol. The predicted octanol–water partition coefficient (Wildman–Crippen LogP) is 4.71. The molecule has 0 aliphatic carbocycles. The molecule has 0 unspecified atom stereocenters. The van der Waals surface area contributed by atoms with Crippen LogP contribution in [0.1, 0.15) is 18.2 Å². The minimum Gasteiger partial charge on any atom is -0.301 e. The van der Waals surface area contributed by atoms with Crippen molar-refractivity contribution >= 4 is 45.6 Å². The monoisotopic (exact) mass is 437 g/mol. The van der Waals surface area contributed by atoms with Crippen molar-refractivity contribution in [2.45, 2.75) is 26.9 Å². The van der Waals surface area contributed by atoms with Gasteiger partial charge < -0.3 is 5.32 Å². The summed E-state index contributed by atoms with van der Waals surface area (Å²) in [7, 11) is 1.91. The number of thiazole rings is 1. The highest BCUT2D eigenvalue weighted by molar-refractivity contribution is 7.14. The summed E-state index contributed by atoms with van der Waals surface area (Å²) in [6.07, 6.45) is 1.86. The standard InChI is InChI=1S/C19H21Cl2N5OS/c1-4-26-12(2)13(8-22-26)9-25(3)10-18(27)24-19-23-17(11-28-19)15-6-5-14(20)7-16(15)21/h5-8,11H,4,9-10H2,1-3H3,(H,23,24,27). The van der Waals surface area contributed by atoms with E-state index in [1.54, 1.807) is 12.1 Å². The van der Waals surface area contributed by atoms with Gasteiger partial charge in [-0.25, -0.2) is 4.98 Å². The summed E-state index contributed by atoms with van der Waals surface area (Å²) in [6, 6.07) is 5.25. The van der Waals surface area contributed by atoms with Crippen LogP contribution in [-0.2, 0) is 17.9 Å². The number of nitrogens with one attached hydrogen (secondary N) is 1. The van der Waals surface area contributed by atoms with Crippen molar-refractivity contribution in [2.24, 2.45) is 0 Å². The van der Waals surface area contributed by atoms with Crippen LogP contribution < -0.4 is 5.32 Å². The van der Waals surface area contributed by atoms with Gasteiger partial charge in [0.2, 0.25) is 5.91 Å². The Morgan fingerprint density at radius 1 is 1.36 bits per heavy atom. The number of halogens is 2. The number of aromatic nitrogens is 3. The van der Waals surface area contributed by atoms with Crippen molar-refractivity contribution in [2.75, 3.05) is 18.9 Å². The lowest BCUT2D eigenvalue weighted by molar-refractivity contribution is -0.117. The summed E-state index contributed by atoms with van der Waals surface area (Å²) in [6.45, 7) is 5.84. The number of carbonyl (C=O) groups excluding carboxylic acids is 1. The molecule has 0 bridgehead atoms. The largest absolute Gasteiger partial charge is 0.301 e. The van der Waals surface area contributed by atoms with E-state index in [1.807, 2.05) is 41.2 Å². The fourth-order valence-electron chi connectivity index (χ4n) is 2.86. The van der Waals surface area contributed by atoms with Crippen molar-refractivity contribution in [3.05, 3.63) is 51.1 Å². The summed E-state index contributed by atoms with van der Waals surface area (Å²) in [4.78, 5) is 18.8. The minimum absolute atomic E-state index is 0.119. The molecule has 3 rings (SSSR count). The third kappa shape index (κ3) is 4.91. The molecule has 1 amide bonds. The zero-order chi connectivity index (χ0) is 20.3. The van der Waals surface area contributed by atoms with E-state index >= 15 is 0 Å². The van der Waals surface area contributed by atoms with Crippen molar-refractivity contribution in [3.63, 3.8) is 0 Å². The Balaban J connectivity index is 1.59. The van der Waals surface area contributed by atoms with E-state index in [4.69, 9.17) is 23.2 Å². The molecule has 2 heterocycles. The molecule has 0 saturated carbocycles. The van der Waals surface area contributed by atoms with E-state index < -0.39 is 0 Å². The lowest BCUT2D eigenvalue weighted by Gasteiger charge is -2.15.